The first kappa shape index (κ1) is 20.6. The molecule has 1 saturated heterocycles. The van der Waals surface area contributed by atoms with E-state index in [4.69, 9.17) is 20.9 Å². The first-order chi connectivity index (χ1) is 13.2. The first-order valence-corrected chi connectivity index (χ1v) is 10.2. The molecule has 0 bridgehead atoms. The van der Waals surface area contributed by atoms with Crippen LogP contribution in [-0.4, -0.2) is 34.8 Å². The van der Waals surface area contributed by atoms with Crippen LogP contribution in [0.4, 0.5) is 6.01 Å². The maximum atomic E-state index is 12.4. The molecule has 6 nitrogen and oxygen atoms in total. The number of anilines is 1. The van der Waals surface area contributed by atoms with Gasteiger partial charge in [0.05, 0.1) is 5.92 Å². The summed E-state index contributed by atoms with van der Waals surface area (Å²) in [6.07, 6.45) is 2.84. The molecule has 1 aliphatic heterocycles. The lowest BCUT2D eigenvalue weighted by Gasteiger charge is -2.26. The van der Waals surface area contributed by atoms with Gasteiger partial charge >= 0.3 is 12.0 Å². The average Bonchev–Trinajstić information content (AvgIpc) is 2.98. The minimum Gasteiger partial charge on any atom is -0.460 e. The molecule has 2 aromatic rings. The van der Waals surface area contributed by atoms with Gasteiger partial charge in [0.25, 0.3) is 0 Å². The van der Waals surface area contributed by atoms with Crippen molar-refractivity contribution in [2.45, 2.75) is 52.6 Å². The molecule has 0 amide bonds. The largest absolute Gasteiger partial charge is 0.460 e. The second-order valence-corrected chi connectivity index (χ2v) is 8.84. The Balaban J connectivity index is 1.62. The van der Waals surface area contributed by atoms with Crippen LogP contribution in [0.2, 0.25) is 5.02 Å². The molecule has 2 atom stereocenters. The molecule has 1 aromatic heterocycles. The number of esters is 1. The maximum Gasteiger partial charge on any atom is 0.324 e. The molecule has 0 spiro atoms. The number of ether oxygens (including phenoxy) is 1. The Hall–Kier alpha value is -2.08. The van der Waals surface area contributed by atoms with Crippen LogP contribution in [0.25, 0.3) is 11.4 Å². The van der Waals surface area contributed by atoms with E-state index in [2.05, 4.69) is 15.0 Å². The Labute approximate surface area is 171 Å². The van der Waals surface area contributed by atoms with Gasteiger partial charge in [-0.1, -0.05) is 23.7 Å². The second-order valence-electron chi connectivity index (χ2n) is 8.41. The van der Waals surface area contributed by atoms with Gasteiger partial charge in [-0.2, -0.15) is 4.98 Å². The van der Waals surface area contributed by atoms with Crippen LogP contribution in [0.5, 0.6) is 0 Å². The Bertz CT molecular complexity index is 798. The molecule has 1 aliphatic rings. The highest BCUT2D eigenvalue weighted by atomic mass is 35.5. The van der Waals surface area contributed by atoms with Gasteiger partial charge in [-0.3, -0.25) is 4.79 Å². The molecule has 7 heteroatoms. The Morgan fingerprint density at radius 2 is 1.96 bits per heavy atom. The molecular formula is C21H28ClN3O3. The van der Waals surface area contributed by atoms with Crippen molar-refractivity contribution in [2.24, 2.45) is 11.8 Å². The number of nitrogens with zero attached hydrogens (tertiary/aromatic N) is 3. The van der Waals surface area contributed by atoms with E-state index in [-0.39, 0.29) is 11.9 Å². The van der Waals surface area contributed by atoms with Crippen LogP contribution in [0, 0.1) is 11.8 Å². The molecule has 0 radical (unpaired) electrons. The van der Waals surface area contributed by atoms with Crippen LogP contribution in [-0.2, 0) is 9.53 Å². The van der Waals surface area contributed by atoms with Crippen molar-refractivity contribution in [1.29, 1.82) is 0 Å². The van der Waals surface area contributed by atoms with Gasteiger partial charge in [-0.15, -0.1) is 0 Å². The van der Waals surface area contributed by atoms with Gasteiger partial charge in [0.15, 0.2) is 0 Å². The molecule has 1 fully saturated rings. The fourth-order valence-corrected chi connectivity index (χ4v) is 3.59. The van der Waals surface area contributed by atoms with Gasteiger partial charge in [0.2, 0.25) is 5.82 Å². The molecule has 1 aromatic carbocycles. The topological polar surface area (TPSA) is 68.5 Å². The van der Waals surface area contributed by atoms with Gasteiger partial charge < -0.3 is 14.2 Å². The third-order valence-corrected chi connectivity index (χ3v) is 5.30. The molecule has 0 saturated carbocycles. The predicted molar refractivity (Wildman–Crippen MR) is 109 cm³/mol. The van der Waals surface area contributed by atoms with E-state index in [1.165, 1.54) is 0 Å². The normalized spacial score (nSPS) is 19.2. The van der Waals surface area contributed by atoms with E-state index >= 15 is 0 Å². The second kappa shape index (κ2) is 8.52. The van der Waals surface area contributed by atoms with Gasteiger partial charge in [-0.25, -0.2) is 0 Å². The van der Waals surface area contributed by atoms with E-state index in [9.17, 15) is 4.79 Å². The molecular weight excluding hydrogens is 378 g/mol. The highest BCUT2D eigenvalue weighted by molar-refractivity contribution is 6.30. The number of carbonyl (C=O) groups is 1. The fraction of sp³-hybridized carbons (Fsp3) is 0.571. The smallest absolute Gasteiger partial charge is 0.324 e. The van der Waals surface area contributed by atoms with E-state index in [0.29, 0.717) is 22.8 Å². The van der Waals surface area contributed by atoms with E-state index in [1.807, 2.05) is 52.0 Å². The monoisotopic (exact) mass is 405 g/mol. The SMILES string of the molecule is CC(C(=O)OC(C)(C)C)C1CCCN(c2nc(-c3ccc(Cl)cc3)no2)CC1. The Morgan fingerprint density at radius 3 is 2.64 bits per heavy atom. The van der Waals surface area contributed by atoms with Crippen LogP contribution >= 0.6 is 11.6 Å². The molecule has 28 heavy (non-hydrogen) atoms. The third kappa shape index (κ3) is 5.25. The van der Waals surface area contributed by atoms with Crippen LogP contribution < -0.4 is 4.90 Å². The maximum absolute atomic E-state index is 12.4. The molecule has 2 heterocycles. The van der Waals surface area contributed by atoms with Crippen LogP contribution in [0.15, 0.2) is 28.8 Å². The lowest BCUT2D eigenvalue weighted by atomic mass is 9.87. The number of hydrogen-bond acceptors (Lipinski definition) is 6. The number of halogens is 1. The van der Waals surface area contributed by atoms with Crippen molar-refractivity contribution in [1.82, 2.24) is 10.1 Å². The predicted octanol–water partition coefficient (Wildman–Crippen LogP) is 4.97. The van der Waals surface area contributed by atoms with Crippen molar-refractivity contribution >= 4 is 23.6 Å². The van der Waals surface area contributed by atoms with Crippen molar-refractivity contribution in [3.8, 4) is 11.4 Å². The summed E-state index contributed by atoms with van der Waals surface area (Å²) in [5.74, 6) is 0.605. The zero-order valence-corrected chi connectivity index (χ0v) is 17.7. The molecule has 0 aliphatic carbocycles. The minimum atomic E-state index is -0.454. The number of aromatic nitrogens is 2. The summed E-state index contributed by atoms with van der Waals surface area (Å²) in [5, 5.41) is 4.77. The molecule has 3 rings (SSSR count). The summed E-state index contributed by atoms with van der Waals surface area (Å²) >= 11 is 5.94. The number of benzene rings is 1. The average molecular weight is 406 g/mol. The molecule has 152 valence electrons. The first-order valence-electron chi connectivity index (χ1n) is 9.80. The van der Waals surface area contributed by atoms with Crippen LogP contribution in [0.1, 0.15) is 47.0 Å². The molecule has 0 N–H and O–H groups in total. The molecule has 2 unspecified atom stereocenters. The van der Waals surface area contributed by atoms with Gasteiger partial charge in [0, 0.05) is 23.7 Å². The number of hydrogen-bond donors (Lipinski definition) is 0. The Morgan fingerprint density at radius 1 is 1.25 bits per heavy atom. The van der Waals surface area contributed by atoms with E-state index in [1.54, 1.807) is 0 Å². The zero-order valence-electron chi connectivity index (χ0n) is 16.9. The van der Waals surface area contributed by atoms with Gasteiger partial charge in [0.1, 0.15) is 5.60 Å². The van der Waals surface area contributed by atoms with Crippen LogP contribution in [0.3, 0.4) is 0 Å². The summed E-state index contributed by atoms with van der Waals surface area (Å²) in [4.78, 5) is 19.1. The highest BCUT2D eigenvalue weighted by Crippen LogP contribution is 2.29. The van der Waals surface area contributed by atoms with Crippen molar-refractivity contribution in [3.05, 3.63) is 29.3 Å². The fourth-order valence-electron chi connectivity index (χ4n) is 3.46. The summed E-state index contributed by atoms with van der Waals surface area (Å²) < 4.78 is 11.1. The summed E-state index contributed by atoms with van der Waals surface area (Å²) in [7, 11) is 0. The standard InChI is InChI=1S/C21H28ClN3O3/c1-14(19(26)27-21(2,3)4)15-6-5-12-25(13-11-15)20-23-18(24-28-20)16-7-9-17(22)10-8-16/h7-10,14-15H,5-6,11-13H2,1-4H3. The van der Waals surface area contributed by atoms with E-state index in [0.717, 1.165) is 37.9 Å². The van der Waals surface area contributed by atoms with Crippen molar-refractivity contribution in [3.63, 3.8) is 0 Å². The lowest BCUT2D eigenvalue weighted by Crippen LogP contribution is -2.31. The summed E-state index contributed by atoms with van der Waals surface area (Å²) in [6.45, 7) is 9.29. The highest BCUT2D eigenvalue weighted by Gasteiger charge is 2.31. The number of carbonyl (C=O) groups excluding carboxylic acids is 1. The third-order valence-electron chi connectivity index (χ3n) is 5.05. The van der Waals surface area contributed by atoms with Crippen molar-refractivity contribution in [2.75, 3.05) is 18.0 Å². The summed E-state index contributed by atoms with van der Waals surface area (Å²) in [6, 6.07) is 7.88. The van der Waals surface area contributed by atoms with Crippen molar-refractivity contribution < 1.29 is 14.1 Å². The zero-order chi connectivity index (χ0) is 20.3. The Kier molecular flexibility index (Phi) is 6.28. The van der Waals surface area contributed by atoms with E-state index < -0.39 is 5.60 Å². The quantitative estimate of drug-likeness (QED) is 0.668. The summed E-state index contributed by atoms with van der Waals surface area (Å²) in [5.41, 5.74) is 0.412. The minimum absolute atomic E-state index is 0.117. The number of rotatable bonds is 4. The lowest BCUT2D eigenvalue weighted by molar-refractivity contribution is -0.161. The van der Waals surface area contributed by atoms with Gasteiger partial charge in [-0.05, 0) is 70.2 Å².